The molecule has 0 saturated carbocycles. The van der Waals surface area contributed by atoms with E-state index in [-0.39, 0.29) is 12.5 Å². The van der Waals surface area contributed by atoms with Gasteiger partial charge in [0.1, 0.15) is 5.82 Å². The molecule has 2 heterocycles. The summed E-state index contributed by atoms with van der Waals surface area (Å²) < 4.78 is 6.99. The van der Waals surface area contributed by atoms with Gasteiger partial charge in [-0.05, 0) is 31.4 Å². The topological polar surface area (TPSA) is 76.4 Å². The highest BCUT2D eigenvalue weighted by molar-refractivity contribution is 6.02. The molecule has 0 atom stereocenters. The molecule has 1 aromatic carbocycles. The summed E-state index contributed by atoms with van der Waals surface area (Å²) in [7, 11) is 0. The van der Waals surface area contributed by atoms with E-state index in [4.69, 9.17) is 4.74 Å². The van der Waals surface area contributed by atoms with E-state index in [2.05, 4.69) is 10.4 Å². The van der Waals surface area contributed by atoms with E-state index in [1.54, 1.807) is 10.8 Å². The van der Waals surface area contributed by atoms with Crippen LogP contribution in [0.5, 0.6) is 0 Å². The number of nitrogens with one attached hydrogen (secondary N) is 1. The van der Waals surface area contributed by atoms with Gasteiger partial charge in [-0.2, -0.15) is 5.10 Å². The van der Waals surface area contributed by atoms with Crippen molar-refractivity contribution in [1.82, 2.24) is 9.78 Å². The maximum Gasteiger partial charge on any atom is 0.291 e. The zero-order chi connectivity index (χ0) is 16.9. The number of ether oxygens (including phenoxy) is 1. The van der Waals surface area contributed by atoms with Crippen molar-refractivity contribution in [3.05, 3.63) is 47.7 Å². The molecule has 6 nitrogen and oxygen atoms in total. The van der Waals surface area contributed by atoms with Crippen LogP contribution in [0.1, 0.15) is 18.4 Å². The van der Waals surface area contributed by atoms with Gasteiger partial charge >= 0.3 is 0 Å². The first kappa shape index (κ1) is 16.3. The van der Waals surface area contributed by atoms with Gasteiger partial charge in [0.15, 0.2) is 5.76 Å². The summed E-state index contributed by atoms with van der Waals surface area (Å²) >= 11 is 0. The number of nitrogens with zero attached hydrogens (tertiary/aromatic N) is 2. The van der Waals surface area contributed by atoms with E-state index < -0.39 is 0 Å². The molecule has 0 aliphatic carbocycles. The third kappa shape index (κ3) is 3.49. The van der Waals surface area contributed by atoms with Gasteiger partial charge in [-0.1, -0.05) is 24.3 Å². The number of allylic oxidation sites excluding steroid dienone is 1. The molecule has 2 N–H and O–H groups in total. The lowest BCUT2D eigenvalue weighted by molar-refractivity contribution is -0.116. The Balaban J connectivity index is 1.88. The average Bonchev–Trinajstić information content (AvgIpc) is 2.99. The number of hydrogen-bond acceptors (Lipinski definition) is 4. The molecule has 0 bridgehead atoms. The highest BCUT2D eigenvalue weighted by Gasteiger charge is 2.18. The standard InChI is InChI=1S/C18H21N3O3/c1-13-6-2-3-7-14(13)15-12-17(21(20-15)9-10-22)19-18(23)16-8-4-5-11-24-16/h2-3,6-8,12,22H,4-5,9-11H2,1H3,(H,19,23). The highest BCUT2D eigenvalue weighted by Crippen LogP contribution is 2.25. The largest absolute Gasteiger partial charge is 0.488 e. The predicted molar refractivity (Wildman–Crippen MR) is 91.4 cm³/mol. The van der Waals surface area contributed by atoms with Crippen LogP contribution in [-0.2, 0) is 16.1 Å². The second-order valence-corrected chi connectivity index (χ2v) is 5.69. The van der Waals surface area contributed by atoms with Crippen molar-refractivity contribution >= 4 is 11.7 Å². The SMILES string of the molecule is Cc1ccccc1-c1cc(NC(=O)C2=CCCCO2)n(CCO)n1. The number of rotatable bonds is 5. The molecule has 1 aliphatic rings. The quantitative estimate of drug-likeness (QED) is 0.884. The number of anilines is 1. The molecular weight excluding hydrogens is 306 g/mol. The maximum atomic E-state index is 12.3. The first-order valence-electron chi connectivity index (χ1n) is 8.08. The van der Waals surface area contributed by atoms with Crippen LogP contribution >= 0.6 is 0 Å². The molecule has 0 radical (unpaired) electrons. The van der Waals surface area contributed by atoms with E-state index in [0.29, 0.717) is 24.7 Å². The van der Waals surface area contributed by atoms with E-state index >= 15 is 0 Å². The van der Waals surface area contributed by atoms with E-state index in [1.165, 1.54) is 0 Å². The number of carbonyl (C=O) groups is 1. The van der Waals surface area contributed by atoms with Gasteiger partial charge in [0.05, 0.1) is 25.5 Å². The van der Waals surface area contributed by atoms with Crippen LogP contribution in [0, 0.1) is 6.92 Å². The van der Waals surface area contributed by atoms with Crippen LogP contribution in [0.15, 0.2) is 42.2 Å². The zero-order valence-corrected chi connectivity index (χ0v) is 13.7. The van der Waals surface area contributed by atoms with Crippen molar-refractivity contribution in [3.8, 4) is 11.3 Å². The second kappa shape index (κ2) is 7.31. The molecule has 0 unspecified atom stereocenters. The lowest BCUT2D eigenvalue weighted by Gasteiger charge is -2.14. The molecule has 3 rings (SSSR count). The number of aliphatic hydroxyl groups is 1. The van der Waals surface area contributed by atoms with Crippen molar-refractivity contribution in [2.45, 2.75) is 26.3 Å². The van der Waals surface area contributed by atoms with Crippen LogP contribution in [0.2, 0.25) is 0 Å². The van der Waals surface area contributed by atoms with Gasteiger partial charge in [0.25, 0.3) is 5.91 Å². The van der Waals surface area contributed by atoms with Gasteiger partial charge in [0, 0.05) is 11.6 Å². The second-order valence-electron chi connectivity index (χ2n) is 5.69. The van der Waals surface area contributed by atoms with E-state index in [1.807, 2.05) is 37.3 Å². The Bertz CT molecular complexity index is 765. The molecule has 2 aromatic rings. The van der Waals surface area contributed by atoms with Gasteiger partial charge in [-0.3, -0.25) is 4.79 Å². The summed E-state index contributed by atoms with van der Waals surface area (Å²) in [5.41, 5.74) is 2.86. The average molecular weight is 327 g/mol. The van der Waals surface area contributed by atoms with Crippen LogP contribution in [0.4, 0.5) is 5.82 Å². The molecule has 0 fully saturated rings. The smallest absolute Gasteiger partial charge is 0.291 e. The predicted octanol–water partition coefficient (Wildman–Crippen LogP) is 2.48. The Hall–Kier alpha value is -2.60. The van der Waals surface area contributed by atoms with Crippen LogP contribution < -0.4 is 5.32 Å². The Labute approximate surface area is 140 Å². The zero-order valence-electron chi connectivity index (χ0n) is 13.7. The maximum absolute atomic E-state index is 12.3. The minimum atomic E-state index is -0.287. The molecule has 0 saturated heterocycles. The molecule has 6 heteroatoms. The number of aromatic nitrogens is 2. The first-order chi connectivity index (χ1) is 11.7. The third-order valence-corrected chi connectivity index (χ3v) is 3.91. The van der Waals surface area contributed by atoms with Crippen LogP contribution in [-0.4, -0.2) is 34.0 Å². The van der Waals surface area contributed by atoms with Gasteiger partial charge in [-0.15, -0.1) is 0 Å². The Morgan fingerprint density at radius 2 is 2.25 bits per heavy atom. The molecule has 24 heavy (non-hydrogen) atoms. The third-order valence-electron chi connectivity index (χ3n) is 3.91. The van der Waals surface area contributed by atoms with Crippen molar-refractivity contribution in [2.75, 3.05) is 18.5 Å². The number of aliphatic hydroxyl groups excluding tert-OH is 1. The fourth-order valence-electron chi connectivity index (χ4n) is 2.67. The molecule has 1 aromatic heterocycles. The Morgan fingerprint density at radius 3 is 2.96 bits per heavy atom. The lowest BCUT2D eigenvalue weighted by atomic mass is 10.1. The molecule has 0 spiro atoms. The summed E-state index contributed by atoms with van der Waals surface area (Å²) in [6, 6.07) is 9.74. The van der Waals surface area contributed by atoms with Crippen molar-refractivity contribution in [1.29, 1.82) is 0 Å². The Morgan fingerprint density at radius 1 is 1.42 bits per heavy atom. The number of carbonyl (C=O) groups excluding carboxylic acids is 1. The molecule has 1 amide bonds. The fraction of sp³-hybridized carbons (Fsp3) is 0.333. The van der Waals surface area contributed by atoms with Gasteiger partial charge in [-0.25, -0.2) is 4.68 Å². The van der Waals surface area contributed by atoms with Crippen LogP contribution in [0.3, 0.4) is 0 Å². The van der Waals surface area contributed by atoms with Crippen LogP contribution in [0.25, 0.3) is 11.3 Å². The fourth-order valence-corrected chi connectivity index (χ4v) is 2.67. The summed E-state index contributed by atoms with van der Waals surface area (Å²) in [6.07, 6.45) is 3.57. The van der Waals surface area contributed by atoms with Crippen molar-refractivity contribution < 1.29 is 14.6 Å². The number of aryl methyl sites for hydroxylation is 1. The lowest BCUT2D eigenvalue weighted by Crippen LogP contribution is -2.21. The van der Waals surface area contributed by atoms with Crippen molar-refractivity contribution in [3.63, 3.8) is 0 Å². The summed E-state index contributed by atoms with van der Waals surface area (Å²) in [4.78, 5) is 12.3. The summed E-state index contributed by atoms with van der Waals surface area (Å²) in [6.45, 7) is 2.82. The minimum Gasteiger partial charge on any atom is -0.488 e. The molecular formula is C18H21N3O3. The molecule has 1 aliphatic heterocycles. The minimum absolute atomic E-state index is 0.0586. The van der Waals surface area contributed by atoms with Crippen molar-refractivity contribution in [2.24, 2.45) is 0 Å². The highest BCUT2D eigenvalue weighted by atomic mass is 16.5. The number of hydrogen-bond donors (Lipinski definition) is 2. The van der Waals surface area contributed by atoms with E-state index in [9.17, 15) is 9.90 Å². The normalized spacial score (nSPS) is 14.0. The first-order valence-corrected chi connectivity index (χ1v) is 8.08. The monoisotopic (exact) mass is 327 g/mol. The van der Waals surface area contributed by atoms with E-state index in [0.717, 1.165) is 29.7 Å². The Kier molecular flexibility index (Phi) is 4.96. The van der Waals surface area contributed by atoms with Gasteiger partial charge in [0.2, 0.25) is 0 Å². The summed E-state index contributed by atoms with van der Waals surface area (Å²) in [5, 5.41) is 16.6. The number of amides is 1. The molecule has 126 valence electrons. The summed E-state index contributed by atoms with van der Waals surface area (Å²) in [5.74, 6) is 0.600. The van der Waals surface area contributed by atoms with Gasteiger partial charge < -0.3 is 15.2 Å². The number of benzene rings is 1.